The van der Waals surface area contributed by atoms with Gasteiger partial charge >= 0.3 is 0 Å². The van der Waals surface area contributed by atoms with Crippen LogP contribution in [0.5, 0.6) is 5.75 Å². The van der Waals surface area contributed by atoms with Crippen LogP contribution in [-0.4, -0.2) is 49.6 Å². The smallest absolute Gasteiger partial charge is 0.222 e. The molecule has 0 aliphatic carbocycles. The number of aliphatic imine (C=N–C) groups is 1. The summed E-state index contributed by atoms with van der Waals surface area (Å²) in [6.07, 6.45) is 1.52. The van der Waals surface area contributed by atoms with Crippen LogP contribution >= 0.6 is 24.0 Å². The van der Waals surface area contributed by atoms with Crippen LogP contribution in [0.15, 0.2) is 29.3 Å². The molecule has 1 unspecified atom stereocenters. The standard InChI is InChI=1S/C18H28N4O2.HI/c1-4-17(23)22-11-10-15(13-22)21-18(19-5-2)20-12-14-6-8-16(24-3)9-7-14;/h6-9,15H,4-5,10-13H2,1-3H3,(H2,19,20,21);1H. The molecule has 1 aliphatic heterocycles. The second-order valence-electron chi connectivity index (χ2n) is 5.87. The van der Waals surface area contributed by atoms with Crippen molar-refractivity contribution in [2.24, 2.45) is 4.99 Å². The summed E-state index contributed by atoms with van der Waals surface area (Å²) in [4.78, 5) is 18.3. The Kier molecular flexibility index (Phi) is 9.62. The van der Waals surface area contributed by atoms with E-state index in [0.717, 1.165) is 43.3 Å². The Hall–Kier alpha value is -1.51. The molecule has 2 N–H and O–H groups in total. The Morgan fingerprint density at radius 1 is 1.32 bits per heavy atom. The maximum Gasteiger partial charge on any atom is 0.222 e. The lowest BCUT2D eigenvalue weighted by atomic mass is 10.2. The van der Waals surface area contributed by atoms with Gasteiger partial charge in [-0.25, -0.2) is 4.99 Å². The summed E-state index contributed by atoms with van der Waals surface area (Å²) in [5, 5.41) is 6.71. The fourth-order valence-corrected chi connectivity index (χ4v) is 2.74. The Morgan fingerprint density at radius 2 is 2.04 bits per heavy atom. The number of guanidine groups is 1. The number of amides is 1. The van der Waals surface area contributed by atoms with Gasteiger partial charge in [0.1, 0.15) is 5.75 Å². The van der Waals surface area contributed by atoms with Crippen LogP contribution in [0.25, 0.3) is 0 Å². The molecule has 1 aromatic carbocycles. The molecule has 25 heavy (non-hydrogen) atoms. The Morgan fingerprint density at radius 3 is 2.64 bits per heavy atom. The summed E-state index contributed by atoms with van der Waals surface area (Å²) >= 11 is 0. The number of hydrogen-bond donors (Lipinski definition) is 2. The van der Waals surface area contributed by atoms with Gasteiger partial charge in [0.15, 0.2) is 5.96 Å². The molecule has 140 valence electrons. The monoisotopic (exact) mass is 460 g/mol. The molecule has 0 spiro atoms. The molecule has 6 nitrogen and oxygen atoms in total. The third kappa shape index (κ3) is 6.72. The highest BCUT2D eigenvalue weighted by molar-refractivity contribution is 14.0. The summed E-state index contributed by atoms with van der Waals surface area (Å²) in [6, 6.07) is 8.17. The number of ether oxygens (including phenoxy) is 1. The van der Waals surface area contributed by atoms with Crippen LogP contribution in [0.3, 0.4) is 0 Å². The third-order valence-corrected chi connectivity index (χ3v) is 4.11. The molecule has 0 aromatic heterocycles. The minimum absolute atomic E-state index is 0. The van der Waals surface area contributed by atoms with Crippen LogP contribution in [-0.2, 0) is 11.3 Å². The van der Waals surface area contributed by atoms with Crippen molar-refractivity contribution in [1.82, 2.24) is 15.5 Å². The van der Waals surface area contributed by atoms with Crippen molar-refractivity contribution in [3.8, 4) is 5.75 Å². The minimum Gasteiger partial charge on any atom is -0.497 e. The van der Waals surface area contributed by atoms with Crippen LogP contribution in [0.1, 0.15) is 32.3 Å². The SMILES string of the molecule is CCNC(=NCc1ccc(OC)cc1)NC1CCN(C(=O)CC)C1.I. The zero-order chi connectivity index (χ0) is 17.4. The van der Waals surface area contributed by atoms with Gasteiger partial charge in [0.05, 0.1) is 13.7 Å². The number of likely N-dealkylation sites (tertiary alicyclic amines) is 1. The topological polar surface area (TPSA) is 66.0 Å². The van der Waals surface area contributed by atoms with Gasteiger partial charge in [-0.05, 0) is 31.0 Å². The lowest BCUT2D eigenvalue weighted by molar-refractivity contribution is -0.129. The van der Waals surface area contributed by atoms with Gasteiger partial charge in [-0.15, -0.1) is 24.0 Å². The molecule has 1 atom stereocenters. The number of carbonyl (C=O) groups is 1. The molecule has 1 amide bonds. The Labute approximate surface area is 167 Å². The predicted molar refractivity (Wildman–Crippen MR) is 112 cm³/mol. The fourth-order valence-electron chi connectivity index (χ4n) is 2.74. The average molecular weight is 460 g/mol. The van der Waals surface area contributed by atoms with Gasteiger partial charge in [0, 0.05) is 32.1 Å². The van der Waals surface area contributed by atoms with Gasteiger partial charge in [-0.2, -0.15) is 0 Å². The molecule has 1 heterocycles. The lowest BCUT2D eigenvalue weighted by Gasteiger charge is -2.18. The maximum absolute atomic E-state index is 11.8. The summed E-state index contributed by atoms with van der Waals surface area (Å²) < 4.78 is 5.17. The second-order valence-corrected chi connectivity index (χ2v) is 5.87. The number of nitrogens with zero attached hydrogens (tertiary/aromatic N) is 2. The Bertz CT molecular complexity index is 563. The average Bonchev–Trinajstić information content (AvgIpc) is 3.08. The minimum atomic E-state index is 0. The number of benzene rings is 1. The molecule has 2 rings (SSSR count). The number of rotatable bonds is 6. The fraction of sp³-hybridized carbons (Fsp3) is 0.556. The van der Waals surface area contributed by atoms with Gasteiger partial charge in [-0.3, -0.25) is 4.79 Å². The molecule has 0 radical (unpaired) electrons. The molecular weight excluding hydrogens is 431 g/mol. The quantitative estimate of drug-likeness (QED) is 0.389. The third-order valence-electron chi connectivity index (χ3n) is 4.11. The van der Waals surface area contributed by atoms with Crippen LogP contribution < -0.4 is 15.4 Å². The number of hydrogen-bond acceptors (Lipinski definition) is 3. The van der Waals surface area contributed by atoms with Crippen molar-refractivity contribution >= 4 is 35.8 Å². The van der Waals surface area contributed by atoms with Crippen molar-refractivity contribution in [3.05, 3.63) is 29.8 Å². The summed E-state index contributed by atoms with van der Waals surface area (Å²) in [7, 11) is 1.66. The highest BCUT2D eigenvalue weighted by Crippen LogP contribution is 2.12. The van der Waals surface area contributed by atoms with Crippen molar-refractivity contribution in [3.63, 3.8) is 0 Å². The highest BCUT2D eigenvalue weighted by atomic mass is 127. The number of nitrogens with one attached hydrogen (secondary N) is 2. The normalized spacial score (nSPS) is 17.0. The molecular formula is C18H29IN4O2. The lowest BCUT2D eigenvalue weighted by Crippen LogP contribution is -2.45. The zero-order valence-electron chi connectivity index (χ0n) is 15.2. The number of methoxy groups -OCH3 is 1. The van der Waals surface area contributed by atoms with Gasteiger partial charge in [-0.1, -0.05) is 19.1 Å². The van der Waals surface area contributed by atoms with E-state index in [1.54, 1.807) is 7.11 Å². The van der Waals surface area contributed by atoms with E-state index in [0.29, 0.717) is 13.0 Å². The second kappa shape index (κ2) is 11.2. The van der Waals surface area contributed by atoms with Gasteiger partial charge in [0.25, 0.3) is 0 Å². The van der Waals surface area contributed by atoms with E-state index in [9.17, 15) is 4.79 Å². The largest absolute Gasteiger partial charge is 0.497 e. The van der Waals surface area contributed by atoms with E-state index in [4.69, 9.17) is 4.74 Å². The predicted octanol–water partition coefficient (Wildman–Crippen LogP) is 2.38. The first-order valence-corrected chi connectivity index (χ1v) is 8.61. The van der Waals surface area contributed by atoms with Crippen LogP contribution in [0.2, 0.25) is 0 Å². The number of carbonyl (C=O) groups excluding carboxylic acids is 1. The maximum atomic E-state index is 11.8. The molecule has 1 fully saturated rings. The van der Waals surface area contributed by atoms with E-state index in [-0.39, 0.29) is 35.9 Å². The number of halogens is 1. The van der Waals surface area contributed by atoms with Crippen molar-refractivity contribution in [2.75, 3.05) is 26.7 Å². The van der Waals surface area contributed by atoms with Crippen molar-refractivity contribution < 1.29 is 9.53 Å². The molecule has 0 saturated carbocycles. The highest BCUT2D eigenvalue weighted by Gasteiger charge is 2.25. The Balaban J connectivity index is 0.00000312. The van der Waals surface area contributed by atoms with Crippen molar-refractivity contribution in [1.29, 1.82) is 0 Å². The van der Waals surface area contributed by atoms with E-state index in [1.165, 1.54) is 0 Å². The van der Waals surface area contributed by atoms with Crippen LogP contribution in [0.4, 0.5) is 0 Å². The molecule has 1 aromatic rings. The molecule has 1 aliphatic rings. The van der Waals surface area contributed by atoms with Crippen molar-refractivity contribution in [2.45, 2.75) is 39.3 Å². The van der Waals surface area contributed by atoms with E-state index in [2.05, 4.69) is 15.6 Å². The van der Waals surface area contributed by atoms with Gasteiger partial charge in [0.2, 0.25) is 5.91 Å². The first-order valence-electron chi connectivity index (χ1n) is 8.61. The van der Waals surface area contributed by atoms with Crippen LogP contribution in [0, 0.1) is 0 Å². The van der Waals surface area contributed by atoms with E-state index >= 15 is 0 Å². The van der Waals surface area contributed by atoms with E-state index in [1.807, 2.05) is 43.0 Å². The first-order chi connectivity index (χ1) is 11.7. The van der Waals surface area contributed by atoms with E-state index < -0.39 is 0 Å². The molecule has 1 saturated heterocycles. The molecule has 7 heteroatoms. The summed E-state index contributed by atoms with van der Waals surface area (Å²) in [6.45, 7) is 6.93. The zero-order valence-corrected chi connectivity index (χ0v) is 17.6. The summed E-state index contributed by atoms with van der Waals surface area (Å²) in [5.41, 5.74) is 1.13. The van der Waals surface area contributed by atoms with Gasteiger partial charge < -0.3 is 20.3 Å². The summed E-state index contributed by atoms with van der Waals surface area (Å²) in [5.74, 6) is 1.86. The first kappa shape index (κ1) is 21.5. The molecule has 0 bridgehead atoms.